The second kappa shape index (κ2) is 11.5. The quantitative estimate of drug-likeness (QED) is 0.332. The van der Waals surface area contributed by atoms with E-state index in [2.05, 4.69) is 15.3 Å². The van der Waals surface area contributed by atoms with Gasteiger partial charge in [-0.15, -0.1) is 24.0 Å². The molecular weight excluding hydrogens is 508 g/mol. The van der Waals surface area contributed by atoms with Crippen LogP contribution in [0.4, 0.5) is 13.2 Å². The van der Waals surface area contributed by atoms with E-state index >= 15 is 0 Å². The first kappa shape index (κ1) is 26.2. The van der Waals surface area contributed by atoms with Crippen LogP contribution in [0.1, 0.15) is 29.7 Å². The Labute approximate surface area is 193 Å². The normalized spacial score (nSPS) is 13.2. The van der Waals surface area contributed by atoms with Crippen molar-refractivity contribution in [2.45, 2.75) is 25.7 Å². The zero-order valence-corrected chi connectivity index (χ0v) is 20.3. The van der Waals surface area contributed by atoms with Crippen molar-refractivity contribution in [3.63, 3.8) is 0 Å². The average molecular weight is 538 g/mol. The molecule has 0 amide bonds. The van der Waals surface area contributed by atoms with Crippen LogP contribution in [0.5, 0.6) is 0 Å². The third kappa shape index (κ3) is 7.46. The molecule has 1 atom stereocenters. The lowest BCUT2D eigenvalue weighted by Gasteiger charge is -2.25. The zero-order chi connectivity index (χ0) is 21.6. The van der Waals surface area contributed by atoms with Gasteiger partial charge in [0.05, 0.1) is 24.3 Å². The highest BCUT2D eigenvalue weighted by Gasteiger charge is 2.30. The lowest BCUT2D eigenvalue weighted by molar-refractivity contribution is -0.137. The lowest BCUT2D eigenvalue weighted by atomic mass is 10.1. The Hall–Kier alpha value is -1.82. The fourth-order valence-corrected chi connectivity index (χ4v) is 2.97. The smallest absolute Gasteiger partial charge is 0.357 e. The average Bonchev–Trinajstić information content (AvgIpc) is 3.06. The monoisotopic (exact) mass is 538 g/mol. The van der Waals surface area contributed by atoms with Gasteiger partial charge in [-0.05, 0) is 38.7 Å². The van der Waals surface area contributed by atoms with Gasteiger partial charge in [-0.2, -0.15) is 18.3 Å². The van der Waals surface area contributed by atoms with Gasteiger partial charge in [0.25, 0.3) is 0 Å². The van der Waals surface area contributed by atoms with E-state index in [0.717, 1.165) is 23.3 Å². The molecule has 2 rings (SSSR count). The SMILES string of the molecule is CCNC(=NCC(c1cnn(C)c1)N(C)C)N(C)Cc1ccc(C(F)(F)F)cc1.I. The van der Waals surface area contributed by atoms with Crippen LogP contribution in [0.2, 0.25) is 0 Å². The molecule has 0 bridgehead atoms. The first-order valence-corrected chi connectivity index (χ1v) is 9.42. The molecule has 2 aromatic rings. The second-order valence-electron chi connectivity index (χ2n) is 7.17. The summed E-state index contributed by atoms with van der Waals surface area (Å²) in [5.74, 6) is 0.697. The van der Waals surface area contributed by atoms with Crippen LogP contribution in [0.15, 0.2) is 41.7 Å². The van der Waals surface area contributed by atoms with Gasteiger partial charge in [0.2, 0.25) is 0 Å². The maximum Gasteiger partial charge on any atom is 0.416 e. The van der Waals surface area contributed by atoms with E-state index in [1.807, 2.05) is 52.4 Å². The van der Waals surface area contributed by atoms with Crippen molar-refractivity contribution in [3.8, 4) is 0 Å². The van der Waals surface area contributed by atoms with E-state index in [1.165, 1.54) is 12.1 Å². The first-order chi connectivity index (χ1) is 13.6. The van der Waals surface area contributed by atoms with Gasteiger partial charge >= 0.3 is 6.18 Å². The number of rotatable bonds is 7. The summed E-state index contributed by atoms with van der Waals surface area (Å²) in [6, 6.07) is 5.29. The summed E-state index contributed by atoms with van der Waals surface area (Å²) in [4.78, 5) is 8.73. The van der Waals surface area contributed by atoms with Crippen LogP contribution in [-0.4, -0.2) is 59.8 Å². The molecule has 1 heterocycles. The molecule has 1 N–H and O–H groups in total. The molecule has 30 heavy (non-hydrogen) atoms. The van der Waals surface area contributed by atoms with E-state index in [-0.39, 0.29) is 30.0 Å². The predicted molar refractivity (Wildman–Crippen MR) is 124 cm³/mol. The number of aryl methyl sites for hydroxylation is 1. The van der Waals surface area contributed by atoms with Crippen LogP contribution in [0.25, 0.3) is 0 Å². The minimum Gasteiger partial charge on any atom is -0.357 e. The number of nitrogens with zero attached hydrogens (tertiary/aromatic N) is 5. The van der Waals surface area contributed by atoms with Crippen molar-refractivity contribution in [1.82, 2.24) is 24.9 Å². The Kier molecular flexibility index (Phi) is 10.1. The molecule has 1 aromatic carbocycles. The minimum absolute atomic E-state index is 0. The van der Waals surface area contributed by atoms with Crippen LogP contribution in [0, 0.1) is 0 Å². The van der Waals surface area contributed by atoms with Gasteiger partial charge in [0.15, 0.2) is 5.96 Å². The van der Waals surface area contributed by atoms with Crippen molar-refractivity contribution in [3.05, 3.63) is 53.3 Å². The van der Waals surface area contributed by atoms with Gasteiger partial charge in [-0.25, -0.2) is 0 Å². The third-order valence-corrected chi connectivity index (χ3v) is 4.54. The summed E-state index contributed by atoms with van der Waals surface area (Å²) in [5.41, 5.74) is 1.21. The van der Waals surface area contributed by atoms with E-state index in [1.54, 1.807) is 4.68 Å². The van der Waals surface area contributed by atoms with E-state index in [0.29, 0.717) is 25.6 Å². The molecule has 168 valence electrons. The number of halogens is 4. The Balaban J connectivity index is 0.00000450. The predicted octanol–water partition coefficient (Wildman–Crippen LogP) is 3.76. The Morgan fingerprint density at radius 2 is 1.83 bits per heavy atom. The highest BCUT2D eigenvalue weighted by molar-refractivity contribution is 14.0. The number of alkyl halides is 3. The fraction of sp³-hybridized carbons (Fsp3) is 0.500. The van der Waals surface area contributed by atoms with Crippen molar-refractivity contribution < 1.29 is 13.2 Å². The summed E-state index contributed by atoms with van der Waals surface area (Å²) in [7, 11) is 7.73. The fourth-order valence-electron chi connectivity index (χ4n) is 2.97. The molecule has 0 spiro atoms. The molecule has 0 aliphatic rings. The molecular formula is C20H30F3IN6. The molecule has 0 saturated heterocycles. The molecule has 1 aromatic heterocycles. The van der Waals surface area contributed by atoms with E-state index < -0.39 is 11.7 Å². The molecule has 0 saturated carbocycles. The first-order valence-electron chi connectivity index (χ1n) is 9.42. The number of guanidine groups is 1. The van der Waals surface area contributed by atoms with E-state index in [9.17, 15) is 13.2 Å². The Morgan fingerprint density at radius 1 is 1.20 bits per heavy atom. The number of likely N-dealkylation sites (N-methyl/N-ethyl adjacent to an activating group) is 1. The highest BCUT2D eigenvalue weighted by Crippen LogP contribution is 2.29. The molecule has 0 aliphatic carbocycles. The summed E-state index contributed by atoms with van der Waals surface area (Å²) in [6.07, 6.45) is -0.521. The minimum atomic E-state index is -4.33. The van der Waals surface area contributed by atoms with Crippen molar-refractivity contribution >= 4 is 29.9 Å². The van der Waals surface area contributed by atoms with Crippen LogP contribution in [-0.2, 0) is 19.8 Å². The van der Waals surface area contributed by atoms with Crippen LogP contribution >= 0.6 is 24.0 Å². The standard InChI is InChI=1S/C20H29F3N6.HI/c1-6-24-19(25-12-18(27(2)3)16-11-26-29(5)14-16)28(4)13-15-7-9-17(10-8-15)20(21,22)23;/h7-11,14,18H,6,12-13H2,1-5H3,(H,24,25);1H. The number of nitrogens with one attached hydrogen (secondary N) is 1. The number of aliphatic imine (C=N–C) groups is 1. The molecule has 1 unspecified atom stereocenters. The summed E-state index contributed by atoms with van der Waals surface area (Å²) >= 11 is 0. The van der Waals surface area contributed by atoms with Gasteiger partial charge in [0.1, 0.15) is 0 Å². The number of benzene rings is 1. The summed E-state index contributed by atoms with van der Waals surface area (Å²) < 4.78 is 40.0. The number of hydrogen-bond donors (Lipinski definition) is 1. The van der Waals surface area contributed by atoms with Crippen molar-refractivity contribution in [2.24, 2.45) is 12.0 Å². The Morgan fingerprint density at radius 3 is 2.30 bits per heavy atom. The van der Waals surface area contributed by atoms with Crippen LogP contribution in [0.3, 0.4) is 0 Å². The topological polar surface area (TPSA) is 48.7 Å². The molecule has 0 fully saturated rings. The Bertz CT molecular complexity index is 802. The van der Waals surface area contributed by atoms with E-state index in [4.69, 9.17) is 4.99 Å². The zero-order valence-electron chi connectivity index (χ0n) is 17.9. The summed E-state index contributed by atoms with van der Waals surface area (Å²) in [6.45, 7) is 3.64. The second-order valence-corrected chi connectivity index (χ2v) is 7.17. The number of aromatic nitrogens is 2. The maximum absolute atomic E-state index is 12.7. The number of hydrogen-bond acceptors (Lipinski definition) is 3. The molecule has 6 nitrogen and oxygen atoms in total. The molecule has 10 heteroatoms. The van der Waals surface area contributed by atoms with Gasteiger partial charge in [-0.3, -0.25) is 9.67 Å². The molecule has 0 aliphatic heterocycles. The third-order valence-electron chi connectivity index (χ3n) is 4.54. The maximum atomic E-state index is 12.7. The van der Waals surface area contributed by atoms with Crippen molar-refractivity contribution in [2.75, 3.05) is 34.2 Å². The van der Waals surface area contributed by atoms with Crippen molar-refractivity contribution in [1.29, 1.82) is 0 Å². The van der Waals surface area contributed by atoms with Gasteiger partial charge < -0.3 is 15.1 Å². The molecule has 0 radical (unpaired) electrons. The largest absolute Gasteiger partial charge is 0.416 e. The lowest BCUT2D eigenvalue weighted by Crippen LogP contribution is -2.39. The highest BCUT2D eigenvalue weighted by atomic mass is 127. The van der Waals surface area contributed by atoms with Crippen LogP contribution < -0.4 is 5.32 Å². The van der Waals surface area contributed by atoms with Gasteiger partial charge in [-0.1, -0.05) is 12.1 Å². The summed E-state index contributed by atoms with van der Waals surface area (Å²) in [5, 5.41) is 7.48. The van der Waals surface area contributed by atoms with Gasteiger partial charge in [0, 0.05) is 38.9 Å².